The van der Waals surface area contributed by atoms with E-state index in [0.29, 0.717) is 31.5 Å². The lowest BCUT2D eigenvalue weighted by Crippen LogP contribution is -2.47. The van der Waals surface area contributed by atoms with Crippen LogP contribution in [0.3, 0.4) is 0 Å². The molecule has 22 heavy (non-hydrogen) atoms. The van der Waals surface area contributed by atoms with Crippen molar-refractivity contribution < 1.29 is 14.3 Å². The quantitative estimate of drug-likeness (QED) is 0.666. The molecule has 2 unspecified atom stereocenters. The molecule has 1 N–H and O–H groups in total. The number of carbonyl (C=O) groups excluding carboxylic acids is 2. The molecule has 0 aromatic heterocycles. The number of ether oxygens (including phenoxy) is 1. The largest absolute Gasteiger partial charge is 0.385 e. The van der Waals surface area contributed by atoms with Gasteiger partial charge in [0, 0.05) is 33.4 Å². The van der Waals surface area contributed by atoms with Gasteiger partial charge < -0.3 is 15.0 Å². The van der Waals surface area contributed by atoms with Crippen LogP contribution in [-0.4, -0.2) is 75.1 Å². The Morgan fingerprint density at radius 2 is 1.86 bits per heavy atom. The second kappa shape index (κ2) is 9.79. The van der Waals surface area contributed by atoms with Gasteiger partial charge in [-0.1, -0.05) is 13.8 Å². The lowest BCUT2D eigenvalue weighted by Gasteiger charge is -2.35. The predicted octanol–water partition coefficient (Wildman–Crippen LogP) is 0.575. The highest BCUT2D eigenvalue weighted by Gasteiger charge is 2.25. The van der Waals surface area contributed by atoms with Crippen LogP contribution in [0.4, 0.5) is 0 Å². The highest BCUT2D eigenvalue weighted by atomic mass is 16.5. The molecule has 2 amide bonds. The van der Waals surface area contributed by atoms with Gasteiger partial charge in [-0.2, -0.15) is 0 Å². The normalized spacial score (nSPS) is 22.0. The van der Waals surface area contributed by atoms with Crippen molar-refractivity contribution in [3.63, 3.8) is 0 Å². The second-order valence-electron chi connectivity index (χ2n) is 6.61. The van der Waals surface area contributed by atoms with E-state index in [2.05, 4.69) is 19.2 Å². The first-order valence-corrected chi connectivity index (χ1v) is 8.14. The van der Waals surface area contributed by atoms with Crippen molar-refractivity contribution in [1.29, 1.82) is 0 Å². The molecule has 6 nitrogen and oxygen atoms in total. The maximum Gasteiger partial charge on any atom is 0.236 e. The maximum absolute atomic E-state index is 12.3. The van der Waals surface area contributed by atoms with Gasteiger partial charge in [-0.15, -0.1) is 0 Å². The molecular formula is C16H31N3O3. The van der Waals surface area contributed by atoms with Gasteiger partial charge in [0.15, 0.2) is 0 Å². The van der Waals surface area contributed by atoms with Gasteiger partial charge in [0.25, 0.3) is 0 Å². The fraction of sp³-hybridized carbons (Fsp3) is 0.875. The van der Waals surface area contributed by atoms with Crippen LogP contribution in [0.15, 0.2) is 0 Å². The van der Waals surface area contributed by atoms with Gasteiger partial charge in [0.05, 0.1) is 13.1 Å². The molecule has 1 aliphatic rings. The summed E-state index contributed by atoms with van der Waals surface area (Å²) in [7, 11) is 3.45. The highest BCUT2D eigenvalue weighted by Crippen LogP contribution is 2.20. The molecule has 0 aromatic carbocycles. The summed E-state index contributed by atoms with van der Waals surface area (Å²) in [6.07, 6.45) is 1.98. The Balaban J connectivity index is 2.27. The van der Waals surface area contributed by atoms with Crippen LogP contribution in [0.2, 0.25) is 0 Å². The molecule has 128 valence electrons. The summed E-state index contributed by atoms with van der Waals surface area (Å²) in [6, 6.07) is 0. The first kappa shape index (κ1) is 18.9. The Hall–Kier alpha value is -1.14. The fourth-order valence-electron chi connectivity index (χ4n) is 3.00. The van der Waals surface area contributed by atoms with Gasteiger partial charge in [-0.3, -0.25) is 14.5 Å². The number of hydrogen-bond donors (Lipinski definition) is 1. The minimum absolute atomic E-state index is 0.0493. The Morgan fingerprint density at radius 3 is 2.45 bits per heavy atom. The Kier molecular flexibility index (Phi) is 8.42. The number of likely N-dealkylation sites (N-methyl/N-ethyl adjacent to an activating group) is 1. The molecule has 1 rings (SSSR count). The number of nitrogens with one attached hydrogen (secondary N) is 1. The van der Waals surface area contributed by atoms with Crippen LogP contribution in [0.1, 0.15) is 26.7 Å². The van der Waals surface area contributed by atoms with Crippen LogP contribution < -0.4 is 5.32 Å². The summed E-state index contributed by atoms with van der Waals surface area (Å²) in [5, 5.41) is 2.83. The van der Waals surface area contributed by atoms with Crippen LogP contribution in [-0.2, 0) is 14.3 Å². The number of methoxy groups -OCH3 is 1. The molecule has 2 atom stereocenters. The van der Waals surface area contributed by atoms with Gasteiger partial charge >= 0.3 is 0 Å². The maximum atomic E-state index is 12.3. The topological polar surface area (TPSA) is 61.9 Å². The standard InChI is InChI=1S/C16H31N3O3/c1-13-8-14(2)10-19(9-13)16(21)12-18(3)11-15(20)17-6-5-7-22-4/h13-14H,5-12H2,1-4H3,(H,17,20). The number of rotatable bonds is 8. The van der Waals surface area contributed by atoms with Crippen molar-refractivity contribution in [2.45, 2.75) is 26.7 Å². The van der Waals surface area contributed by atoms with Gasteiger partial charge in [0.1, 0.15) is 0 Å². The lowest BCUT2D eigenvalue weighted by atomic mass is 9.92. The van der Waals surface area contributed by atoms with E-state index >= 15 is 0 Å². The third-order valence-corrected chi connectivity index (χ3v) is 3.89. The molecular weight excluding hydrogens is 282 g/mol. The number of hydrogen-bond acceptors (Lipinski definition) is 4. The van der Waals surface area contributed by atoms with E-state index in [4.69, 9.17) is 4.74 Å². The van der Waals surface area contributed by atoms with E-state index in [1.807, 2.05) is 11.9 Å². The molecule has 1 fully saturated rings. The van der Waals surface area contributed by atoms with E-state index in [1.165, 1.54) is 6.42 Å². The van der Waals surface area contributed by atoms with Crippen molar-refractivity contribution in [2.75, 3.05) is 53.5 Å². The molecule has 1 aliphatic heterocycles. The lowest BCUT2D eigenvalue weighted by molar-refractivity contribution is -0.135. The number of carbonyl (C=O) groups is 2. The van der Waals surface area contributed by atoms with Crippen molar-refractivity contribution in [2.24, 2.45) is 11.8 Å². The van der Waals surface area contributed by atoms with Crippen LogP contribution in [0, 0.1) is 11.8 Å². The molecule has 0 aromatic rings. The van der Waals surface area contributed by atoms with Crippen molar-refractivity contribution >= 4 is 11.8 Å². The molecule has 0 bridgehead atoms. The summed E-state index contributed by atoms with van der Waals surface area (Å²) >= 11 is 0. The van der Waals surface area contributed by atoms with E-state index in [0.717, 1.165) is 19.5 Å². The second-order valence-corrected chi connectivity index (χ2v) is 6.61. The van der Waals surface area contributed by atoms with Gasteiger partial charge in [0.2, 0.25) is 11.8 Å². The molecule has 0 saturated carbocycles. The molecule has 0 aliphatic carbocycles. The van der Waals surface area contributed by atoms with E-state index in [1.54, 1.807) is 12.0 Å². The minimum atomic E-state index is -0.0493. The zero-order valence-corrected chi connectivity index (χ0v) is 14.4. The van der Waals surface area contributed by atoms with Crippen molar-refractivity contribution in [3.8, 4) is 0 Å². The Labute approximate surface area is 134 Å². The summed E-state index contributed by atoms with van der Waals surface area (Å²) in [5.41, 5.74) is 0. The molecule has 1 saturated heterocycles. The zero-order valence-electron chi connectivity index (χ0n) is 14.4. The number of amides is 2. The Bertz CT molecular complexity index is 353. The van der Waals surface area contributed by atoms with Gasteiger partial charge in [-0.05, 0) is 31.7 Å². The zero-order chi connectivity index (χ0) is 16.5. The highest BCUT2D eigenvalue weighted by molar-refractivity contribution is 5.81. The van der Waals surface area contributed by atoms with E-state index in [-0.39, 0.29) is 18.4 Å². The van der Waals surface area contributed by atoms with E-state index in [9.17, 15) is 9.59 Å². The van der Waals surface area contributed by atoms with Crippen molar-refractivity contribution in [3.05, 3.63) is 0 Å². The number of likely N-dealkylation sites (tertiary alicyclic amines) is 1. The molecule has 6 heteroatoms. The van der Waals surface area contributed by atoms with Crippen LogP contribution >= 0.6 is 0 Å². The number of nitrogens with zero attached hydrogens (tertiary/aromatic N) is 2. The third-order valence-electron chi connectivity index (χ3n) is 3.89. The third kappa shape index (κ3) is 7.22. The molecule has 0 radical (unpaired) electrons. The smallest absolute Gasteiger partial charge is 0.236 e. The SMILES string of the molecule is COCCCNC(=O)CN(C)CC(=O)N1CC(C)CC(C)C1. The Morgan fingerprint density at radius 1 is 1.23 bits per heavy atom. The van der Waals surface area contributed by atoms with Gasteiger partial charge in [-0.25, -0.2) is 0 Å². The summed E-state index contributed by atoms with van der Waals surface area (Å²) < 4.78 is 4.93. The number of piperidine rings is 1. The average Bonchev–Trinajstić information content (AvgIpc) is 2.42. The summed E-state index contributed by atoms with van der Waals surface area (Å²) in [5.74, 6) is 1.18. The minimum Gasteiger partial charge on any atom is -0.385 e. The van der Waals surface area contributed by atoms with Crippen LogP contribution in [0.5, 0.6) is 0 Å². The fourth-order valence-corrected chi connectivity index (χ4v) is 3.00. The first-order valence-electron chi connectivity index (χ1n) is 8.14. The average molecular weight is 313 g/mol. The van der Waals surface area contributed by atoms with E-state index < -0.39 is 0 Å². The molecule has 1 heterocycles. The predicted molar refractivity (Wildman–Crippen MR) is 86.5 cm³/mol. The first-order chi connectivity index (χ1) is 10.4. The van der Waals surface area contributed by atoms with Crippen LogP contribution in [0.25, 0.3) is 0 Å². The summed E-state index contributed by atoms with van der Waals surface area (Å²) in [6.45, 7) is 7.83. The van der Waals surface area contributed by atoms with Crippen molar-refractivity contribution in [1.82, 2.24) is 15.1 Å². The molecule has 0 spiro atoms. The summed E-state index contributed by atoms with van der Waals surface area (Å²) in [4.78, 5) is 27.8. The monoisotopic (exact) mass is 313 g/mol.